The van der Waals surface area contributed by atoms with Crippen LogP contribution in [0.15, 0.2) is 42.5 Å². The van der Waals surface area contributed by atoms with Gasteiger partial charge in [-0.25, -0.2) is 0 Å². The molecule has 27 heavy (non-hydrogen) atoms. The molecule has 0 saturated carbocycles. The second-order valence-electron chi connectivity index (χ2n) is 6.20. The van der Waals surface area contributed by atoms with Crippen molar-refractivity contribution in [2.45, 2.75) is 20.8 Å². The van der Waals surface area contributed by atoms with Crippen LogP contribution in [0.3, 0.4) is 0 Å². The summed E-state index contributed by atoms with van der Waals surface area (Å²) in [5.41, 5.74) is 2.57. The van der Waals surface area contributed by atoms with Crippen molar-refractivity contribution < 1.29 is 19.1 Å². The number of aryl methyl sites for hydroxylation is 2. The van der Waals surface area contributed by atoms with E-state index in [9.17, 15) is 9.59 Å². The smallest absolute Gasteiger partial charge is 0.260 e. The maximum atomic E-state index is 12.5. The average Bonchev–Trinajstić information content (AvgIpc) is 2.65. The summed E-state index contributed by atoms with van der Waals surface area (Å²) in [4.78, 5) is 26.2. The maximum absolute atomic E-state index is 12.5. The molecule has 0 spiro atoms. The van der Waals surface area contributed by atoms with Gasteiger partial charge in [-0.2, -0.15) is 0 Å². The van der Waals surface area contributed by atoms with Crippen LogP contribution in [0.2, 0.25) is 0 Å². The summed E-state index contributed by atoms with van der Waals surface area (Å²) in [6, 6.07) is 12.9. The van der Waals surface area contributed by atoms with E-state index < -0.39 is 0 Å². The molecule has 2 aromatic rings. The lowest BCUT2D eigenvalue weighted by Crippen LogP contribution is -2.40. The highest BCUT2D eigenvalue weighted by Gasteiger charge is 2.17. The lowest BCUT2D eigenvalue weighted by atomic mass is 10.1. The van der Waals surface area contributed by atoms with Gasteiger partial charge in [-0.3, -0.25) is 9.59 Å². The van der Waals surface area contributed by atoms with Gasteiger partial charge in [0.1, 0.15) is 11.5 Å². The number of ether oxygens (including phenoxy) is 2. The van der Waals surface area contributed by atoms with Crippen molar-refractivity contribution in [2.75, 3.05) is 32.1 Å². The molecule has 1 N–H and O–H groups in total. The number of methoxy groups -OCH3 is 1. The molecule has 0 aliphatic rings. The Morgan fingerprint density at radius 2 is 1.74 bits per heavy atom. The van der Waals surface area contributed by atoms with E-state index in [-0.39, 0.29) is 25.0 Å². The topological polar surface area (TPSA) is 67.9 Å². The van der Waals surface area contributed by atoms with Gasteiger partial charge in [0, 0.05) is 18.3 Å². The molecule has 2 amide bonds. The summed E-state index contributed by atoms with van der Waals surface area (Å²) in [6.07, 6.45) is 0. The highest BCUT2D eigenvalue weighted by atomic mass is 16.5. The molecule has 0 heterocycles. The largest absolute Gasteiger partial charge is 0.497 e. The number of amides is 2. The Morgan fingerprint density at radius 3 is 2.37 bits per heavy atom. The first-order chi connectivity index (χ1) is 12.9. The molecule has 0 bridgehead atoms. The SMILES string of the molecule is CCN(CC(=O)Nc1cccc(OC)c1)C(=O)COc1c(C)cccc1C. The highest BCUT2D eigenvalue weighted by molar-refractivity contribution is 5.94. The van der Waals surface area contributed by atoms with Crippen LogP contribution in [0.1, 0.15) is 18.1 Å². The summed E-state index contributed by atoms with van der Waals surface area (Å²) in [7, 11) is 1.56. The first-order valence-electron chi connectivity index (χ1n) is 8.85. The van der Waals surface area contributed by atoms with Crippen molar-refractivity contribution in [3.05, 3.63) is 53.6 Å². The number of hydrogen-bond donors (Lipinski definition) is 1. The fourth-order valence-corrected chi connectivity index (χ4v) is 2.70. The monoisotopic (exact) mass is 370 g/mol. The Bertz CT molecular complexity index is 784. The molecule has 2 aromatic carbocycles. The molecule has 0 aliphatic heterocycles. The summed E-state index contributed by atoms with van der Waals surface area (Å²) in [6.45, 7) is 5.98. The quantitative estimate of drug-likeness (QED) is 0.775. The number of para-hydroxylation sites is 1. The molecule has 0 fully saturated rings. The van der Waals surface area contributed by atoms with Crippen LogP contribution < -0.4 is 14.8 Å². The van der Waals surface area contributed by atoms with E-state index in [1.807, 2.05) is 39.0 Å². The summed E-state index contributed by atoms with van der Waals surface area (Å²) < 4.78 is 10.8. The molecule has 0 aliphatic carbocycles. The Morgan fingerprint density at radius 1 is 1.07 bits per heavy atom. The minimum Gasteiger partial charge on any atom is -0.497 e. The molecule has 144 valence electrons. The van der Waals surface area contributed by atoms with Gasteiger partial charge in [0.25, 0.3) is 5.91 Å². The average molecular weight is 370 g/mol. The molecular formula is C21H26N2O4. The minimum absolute atomic E-state index is 0.0390. The van der Waals surface area contributed by atoms with Gasteiger partial charge in [-0.15, -0.1) is 0 Å². The highest BCUT2D eigenvalue weighted by Crippen LogP contribution is 2.22. The molecule has 6 nitrogen and oxygen atoms in total. The molecule has 0 unspecified atom stereocenters. The van der Waals surface area contributed by atoms with E-state index in [1.54, 1.807) is 31.4 Å². The summed E-state index contributed by atoms with van der Waals surface area (Å²) >= 11 is 0. The van der Waals surface area contributed by atoms with Crippen LogP contribution >= 0.6 is 0 Å². The molecule has 2 rings (SSSR count). The van der Waals surface area contributed by atoms with Gasteiger partial charge in [0.2, 0.25) is 5.91 Å². The van der Waals surface area contributed by atoms with Gasteiger partial charge in [-0.05, 0) is 44.0 Å². The first-order valence-corrected chi connectivity index (χ1v) is 8.85. The van der Waals surface area contributed by atoms with E-state index in [0.717, 1.165) is 11.1 Å². The van der Waals surface area contributed by atoms with Crippen LogP contribution in [-0.2, 0) is 9.59 Å². The lowest BCUT2D eigenvalue weighted by Gasteiger charge is -2.21. The third-order valence-electron chi connectivity index (χ3n) is 4.17. The van der Waals surface area contributed by atoms with E-state index in [2.05, 4.69) is 5.32 Å². The number of hydrogen-bond acceptors (Lipinski definition) is 4. The van der Waals surface area contributed by atoms with Crippen molar-refractivity contribution in [1.82, 2.24) is 4.90 Å². The molecule has 0 saturated heterocycles. The summed E-state index contributed by atoms with van der Waals surface area (Å²) in [5.74, 6) is 0.854. The molecule has 0 atom stereocenters. The number of anilines is 1. The normalized spacial score (nSPS) is 10.2. The number of carbonyl (C=O) groups is 2. The zero-order valence-corrected chi connectivity index (χ0v) is 16.2. The Balaban J connectivity index is 1.93. The fourth-order valence-electron chi connectivity index (χ4n) is 2.70. The number of benzene rings is 2. The fraction of sp³-hybridized carbons (Fsp3) is 0.333. The molecule has 0 aromatic heterocycles. The zero-order valence-electron chi connectivity index (χ0n) is 16.2. The van der Waals surface area contributed by atoms with Crippen molar-refractivity contribution in [3.8, 4) is 11.5 Å². The van der Waals surface area contributed by atoms with Gasteiger partial charge in [0.05, 0.1) is 13.7 Å². The van der Waals surface area contributed by atoms with Gasteiger partial charge >= 0.3 is 0 Å². The predicted molar refractivity (Wildman–Crippen MR) is 105 cm³/mol. The Hall–Kier alpha value is -3.02. The third kappa shape index (κ3) is 5.74. The lowest BCUT2D eigenvalue weighted by molar-refractivity contribution is -0.136. The summed E-state index contributed by atoms with van der Waals surface area (Å²) in [5, 5.41) is 2.77. The molecular weight excluding hydrogens is 344 g/mol. The second-order valence-corrected chi connectivity index (χ2v) is 6.20. The van der Waals surface area contributed by atoms with E-state index >= 15 is 0 Å². The Kier molecular flexibility index (Phi) is 7.23. The van der Waals surface area contributed by atoms with Crippen LogP contribution in [0.5, 0.6) is 11.5 Å². The van der Waals surface area contributed by atoms with Crippen LogP contribution in [0.4, 0.5) is 5.69 Å². The van der Waals surface area contributed by atoms with Crippen molar-refractivity contribution in [1.29, 1.82) is 0 Å². The van der Waals surface area contributed by atoms with Crippen LogP contribution in [0.25, 0.3) is 0 Å². The van der Waals surface area contributed by atoms with Crippen molar-refractivity contribution in [2.24, 2.45) is 0 Å². The number of carbonyl (C=O) groups excluding carboxylic acids is 2. The van der Waals surface area contributed by atoms with Crippen LogP contribution in [0, 0.1) is 13.8 Å². The van der Waals surface area contributed by atoms with Gasteiger partial charge in [-0.1, -0.05) is 24.3 Å². The molecule has 6 heteroatoms. The van der Waals surface area contributed by atoms with Gasteiger partial charge in [0.15, 0.2) is 6.61 Å². The maximum Gasteiger partial charge on any atom is 0.260 e. The Labute approximate surface area is 160 Å². The zero-order chi connectivity index (χ0) is 19.8. The standard InChI is InChI=1S/C21H26N2O4/c1-5-23(13-19(24)22-17-10-7-11-18(12-17)26-4)20(25)14-27-21-15(2)8-6-9-16(21)3/h6-12H,5,13-14H2,1-4H3,(H,22,24). The van der Waals surface area contributed by atoms with Crippen LogP contribution in [-0.4, -0.2) is 43.5 Å². The molecule has 0 radical (unpaired) electrons. The predicted octanol–water partition coefficient (Wildman–Crippen LogP) is 3.18. The third-order valence-corrected chi connectivity index (χ3v) is 4.17. The van der Waals surface area contributed by atoms with Gasteiger partial charge < -0.3 is 19.7 Å². The van der Waals surface area contributed by atoms with E-state index in [0.29, 0.717) is 23.7 Å². The number of nitrogens with zero attached hydrogens (tertiary/aromatic N) is 1. The minimum atomic E-state index is -0.273. The van der Waals surface area contributed by atoms with Crippen molar-refractivity contribution in [3.63, 3.8) is 0 Å². The van der Waals surface area contributed by atoms with E-state index in [4.69, 9.17) is 9.47 Å². The number of rotatable bonds is 8. The second kappa shape index (κ2) is 9.62. The number of likely N-dealkylation sites (N-methyl/N-ethyl adjacent to an activating group) is 1. The number of nitrogens with one attached hydrogen (secondary N) is 1. The van der Waals surface area contributed by atoms with Crippen molar-refractivity contribution >= 4 is 17.5 Å². The first kappa shape index (κ1) is 20.3. The van der Waals surface area contributed by atoms with E-state index in [1.165, 1.54) is 4.90 Å².